The van der Waals surface area contributed by atoms with Crippen molar-refractivity contribution >= 4 is 22.6 Å². The van der Waals surface area contributed by atoms with E-state index in [0.717, 1.165) is 28.1 Å². The van der Waals surface area contributed by atoms with Crippen LogP contribution in [0.25, 0.3) is 16.7 Å². The molecule has 20 heavy (non-hydrogen) atoms. The molecule has 1 unspecified atom stereocenters. The number of benzene rings is 2. The number of alkyl halides is 1. The van der Waals surface area contributed by atoms with Crippen LogP contribution < -0.4 is 0 Å². The summed E-state index contributed by atoms with van der Waals surface area (Å²) in [6.45, 7) is 3.88. The third-order valence-electron chi connectivity index (χ3n) is 3.34. The smallest absolute Gasteiger partial charge is 0.132 e. The zero-order valence-corrected chi connectivity index (χ0v) is 12.0. The van der Waals surface area contributed by atoms with Crippen LogP contribution in [0.5, 0.6) is 0 Å². The summed E-state index contributed by atoms with van der Waals surface area (Å²) in [6.07, 6.45) is 0. The standard InChI is InChI=1S/C16H14ClFN2/c1-10-5-3-8-14-15(10)19-16(11(2)17)20(14)13-7-4-6-12(18)9-13/h3-9,11H,1-2H3. The van der Waals surface area contributed by atoms with Crippen molar-refractivity contribution in [3.63, 3.8) is 0 Å². The van der Waals surface area contributed by atoms with E-state index in [9.17, 15) is 4.39 Å². The lowest BCUT2D eigenvalue weighted by atomic mass is 10.2. The van der Waals surface area contributed by atoms with Crippen molar-refractivity contribution in [1.29, 1.82) is 0 Å². The number of aryl methyl sites for hydroxylation is 1. The van der Waals surface area contributed by atoms with E-state index in [2.05, 4.69) is 4.98 Å². The van der Waals surface area contributed by atoms with Crippen molar-refractivity contribution < 1.29 is 4.39 Å². The Labute approximate surface area is 121 Å². The molecule has 0 aliphatic heterocycles. The van der Waals surface area contributed by atoms with Crippen molar-refractivity contribution in [2.75, 3.05) is 0 Å². The molecule has 3 aromatic rings. The Morgan fingerprint density at radius 1 is 1.20 bits per heavy atom. The van der Waals surface area contributed by atoms with Gasteiger partial charge in [-0.2, -0.15) is 0 Å². The fourth-order valence-corrected chi connectivity index (χ4v) is 2.56. The molecular weight excluding hydrogens is 275 g/mol. The summed E-state index contributed by atoms with van der Waals surface area (Å²) in [6, 6.07) is 12.4. The van der Waals surface area contributed by atoms with Gasteiger partial charge in [0.15, 0.2) is 0 Å². The predicted octanol–water partition coefficient (Wildman–Crippen LogP) is 4.77. The monoisotopic (exact) mass is 288 g/mol. The minimum atomic E-state index is -0.273. The van der Waals surface area contributed by atoms with Gasteiger partial charge in [-0.15, -0.1) is 11.6 Å². The zero-order chi connectivity index (χ0) is 14.3. The molecule has 0 saturated heterocycles. The SMILES string of the molecule is Cc1cccc2c1nc(C(C)Cl)n2-c1cccc(F)c1. The highest BCUT2D eigenvalue weighted by Gasteiger charge is 2.17. The summed E-state index contributed by atoms with van der Waals surface area (Å²) in [4.78, 5) is 4.63. The number of halogens is 2. The highest BCUT2D eigenvalue weighted by Crippen LogP contribution is 2.29. The average Bonchev–Trinajstić information content (AvgIpc) is 2.80. The van der Waals surface area contributed by atoms with Gasteiger partial charge >= 0.3 is 0 Å². The lowest BCUT2D eigenvalue weighted by Crippen LogP contribution is -2.02. The predicted molar refractivity (Wildman–Crippen MR) is 80.0 cm³/mol. The largest absolute Gasteiger partial charge is 0.295 e. The second-order valence-corrected chi connectivity index (χ2v) is 5.50. The van der Waals surface area contributed by atoms with E-state index in [1.165, 1.54) is 12.1 Å². The summed E-state index contributed by atoms with van der Waals surface area (Å²) >= 11 is 6.24. The molecule has 0 radical (unpaired) electrons. The van der Waals surface area contributed by atoms with Gasteiger partial charge in [0, 0.05) is 0 Å². The fourth-order valence-electron chi connectivity index (χ4n) is 2.41. The van der Waals surface area contributed by atoms with Gasteiger partial charge < -0.3 is 0 Å². The number of hydrogen-bond donors (Lipinski definition) is 0. The van der Waals surface area contributed by atoms with Crippen LogP contribution in [0.2, 0.25) is 0 Å². The molecule has 1 atom stereocenters. The third-order valence-corrected chi connectivity index (χ3v) is 3.53. The molecule has 0 saturated carbocycles. The van der Waals surface area contributed by atoms with E-state index >= 15 is 0 Å². The van der Waals surface area contributed by atoms with E-state index < -0.39 is 0 Å². The maximum Gasteiger partial charge on any atom is 0.132 e. The molecule has 4 heteroatoms. The van der Waals surface area contributed by atoms with Gasteiger partial charge in [0.1, 0.15) is 11.6 Å². The quantitative estimate of drug-likeness (QED) is 0.621. The highest BCUT2D eigenvalue weighted by molar-refractivity contribution is 6.20. The van der Waals surface area contributed by atoms with Crippen LogP contribution in [-0.2, 0) is 0 Å². The molecule has 0 aliphatic carbocycles. The molecule has 0 aliphatic rings. The van der Waals surface area contributed by atoms with Gasteiger partial charge in [0.25, 0.3) is 0 Å². The molecule has 2 aromatic carbocycles. The van der Waals surface area contributed by atoms with Gasteiger partial charge in [-0.3, -0.25) is 4.57 Å². The van der Waals surface area contributed by atoms with E-state index in [1.54, 1.807) is 6.07 Å². The van der Waals surface area contributed by atoms with Crippen molar-refractivity contribution in [3.8, 4) is 5.69 Å². The van der Waals surface area contributed by atoms with Crippen LogP contribution >= 0.6 is 11.6 Å². The number of imidazole rings is 1. The second-order valence-electron chi connectivity index (χ2n) is 4.84. The molecular formula is C16H14ClFN2. The van der Waals surface area contributed by atoms with Crippen LogP contribution in [-0.4, -0.2) is 9.55 Å². The molecule has 0 amide bonds. The molecule has 0 N–H and O–H groups in total. The first kappa shape index (κ1) is 13.1. The molecule has 0 fully saturated rings. The van der Waals surface area contributed by atoms with E-state index in [4.69, 9.17) is 11.6 Å². The summed E-state index contributed by atoms with van der Waals surface area (Å²) in [5, 5.41) is -0.259. The molecule has 1 heterocycles. The maximum absolute atomic E-state index is 13.5. The van der Waals surface area contributed by atoms with Gasteiger partial charge in [0.05, 0.1) is 22.1 Å². The molecule has 0 bridgehead atoms. The van der Waals surface area contributed by atoms with Crippen LogP contribution in [0.4, 0.5) is 4.39 Å². The van der Waals surface area contributed by atoms with Crippen molar-refractivity contribution in [2.45, 2.75) is 19.2 Å². The van der Waals surface area contributed by atoms with E-state index in [1.807, 2.05) is 42.7 Å². The van der Waals surface area contributed by atoms with Crippen LogP contribution in [0.3, 0.4) is 0 Å². The first-order valence-electron chi connectivity index (χ1n) is 6.46. The molecule has 102 valence electrons. The molecule has 1 aromatic heterocycles. The number of rotatable bonds is 2. The van der Waals surface area contributed by atoms with Crippen LogP contribution in [0.1, 0.15) is 23.7 Å². The Kier molecular flexibility index (Phi) is 3.22. The normalized spacial score (nSPS) is 12.8. The number of para-hydroxylation sites is 1. The molecule has 0 spiro atoms. The number of aromatic nitrogens is 2. The number of hydrogen-bond acceptors (Lipinski definition) is 1. The first-order valence-corrected chi connectivity index (χ1v) is 6.89. The first-order chi connectivity index (χ1) is 9.58. The van der Waals surface area contributed by atoms with E-state index in [0.29, 0.717) is 0 Å². The third kappa shape index (κ3) is 2.08. The van der Waals surface area contributed by atoms with Gasteiger partial charge in [0.2, 0.25) is 0 Å². The van der Waals surface area contributed by atoms with Crippen LogP contribution in [0, 0.1) is 12.7 Å². The molecule has 2 nitrogen and oxygen atoms in total. The van der Waals surface area contributed by atoms with Gasteiger partial charge in [-0.05, 0) is 43.7 Å². The lowest BCUT2D eigenvalue weighted by molar-refractivity contribution is 0.626. The van der Waals surface area contributed by atoms with Crippen molar-refractivity contribution in [3.05, 3.63) is 59.7 Å². The topological polar surface area (TPSA) is 17.8 Å². The van der Waals surface area contributed by atoms with Crippen molar-refractivity contribution in [1.82, 2.24) is 9.55 Å². The number of nitrogens with zero attached hydrogens (tertiary/aromatic N) is 2. The van der Waals surface area contributed by atoms with Gasteiger partial charge in [-0.1, -0.05) is 18.2 Å². The minimum Gasteiger partial charge on any atom is -0.295 e. The second kappa shape index (κ2) is 4.91. The zero-order valence-electron chi connectivity index (χ0n) is 11.3. The summed E-state index contributed by atoms with van der Waals surface area (Å²) in [5.41, 5.74) is 3.66. The molecule has 3 rings (SSSR count). The Morgan fingerprint density at radius 3 is 2.65 bits per heavy atom. The summed E-state index contributed by atoms with van der Waals surface area (Å²) in [5.74, 6) is 0.451. The Balaban J connectivity index is 2.38. The number of fused-ring (bicyclic) bond motifs is 1. The highest BCUT2D eigenvalue weighted by atomic mass is 35.5. The minimum absolute atomic E-state index is 0.259. The Bertz CT molecular complexity index is 777. The lowest BCUT2D eigenvalue weighted by Gasteiger charge is -2.10. The Morgan fingerprint density at radius 2 is 1.95 bits per heavy atom. The van der Waals surface area contributed by atoms with Crippen LogP contribution in [0.15, 0.2) is 42.5 Å². The Hall–Kier alpha value is -1.87. The van der Waals surface area contributed by atoms with E-state index in [-0.39, 0.29) is 11.2 Å². The van der Waals surface area contributed by atoms with Crippen molar-refractivity contribution in [2.24, 2.45) is 0 Å². The average molecular weight is 289 g/mol. The van der Waals surface area contributed by atoms with Gasteiger partial charge in [-0.25, -0.2) is 9.37 Å². The summed E-state index contributed by atoms with van der Waals surface area (Å²) in [7, 11) is 0. The maximum atomic E-state index is 13.5. The summed E-state index contributed by atoms with van der Waals surface area (Å²) < 4.78 is 15.4. The fraction of sp³-hybridized carbons (Fsp3) is 0.188.